The maximum Gasteiger partial charge on any atom is 0.242 e. The van der Waals surface area contributed by atoms with Crippen LogP contribution in [0.25, 0.3) is 5.69 Å². The van der Waals surface area contributed by atoms with Crippen molar-refractivity contribution in [2.45, 2.75) is 31.6 Å². The van der Waals surface area contributed by atoms with Crippen LogP contribution in [0.3, 0.4) is 0 Å². The van der Waals surface area contributed by atoms with Gasteiger partial charge in [0, 0.05) is 12.2 Å². The Kier molecular flexibility index (Phi) is 7.66. The van der Waals surface area contributed by atoms with Gasteiger partial charge in [-0.2, -0.15) is 0 Å². The third kappa shape index (κ3) is 6.08. The highest BCUT2D eigenvalue weighted by Gasteiger charge is 2.17. The molecule has 0 spiro atoms. The summed E-state index contributed by atoms with van der Waals surface area (Å²) in [5.74, 6) is 1.09. The number of carbonyl (C=O) groups is 2. The Bertz CT molecular complexity index is 1020. The largest absolute Gasteiger partial charge is 0.497 e. The number of methoxy groups -OCH3 is 1. The van der Waals surface area contributed by atoms with Crippen LogP contribution in [0, 0.1) is 6.92 Å². The zero-order valence-corrected chi connectivity index (χ0v) is 18.5. The minimum absolute atomic E-state index is 0.116. The fraction of sp³-hybridized carbons (Fsp3) is 0.273. The fourth-order valence-electron chi connectivity index (χ4n) is 2.88. The minimum atomic E-state index is -0.641. The molecule has 2 N–H and O–H groups in total. The minimum Gasteiger partial charge on any atom is -0.497 e. The summed E-state index contributed by atoms with van der Waals surface area (Å²) in [7, 11) is 1.61. The zero-order valence-electron chi connectivity index (χ0n) is 17.7. The van der Waals surface area contributed by atoms with E-state index < -0.39 is 6.04 Å². The Morgan fingerprint density at radius 2 is 1.81 bits per heavy atom. The van der Waals surface area contributed by atoms with E-state index in [-0.39, 0.29) is 17.6 Å². The van der Waals surface area contributed by atoms with E-state index in [2.05, 4.69) is 20.8 Å². The lowest BCUT2D eigenvalue weighted by atomic mass is 10.2. The molecule has 0 bridgehead atoms. The van der Waals surface area contributed by atoms with Gasteiger partial charge in [-0.3, -0.25) is 14.2 Å². The lowest BCUT2D eigenvalue weighted by molar-refractivity contribution is -0.127. The first-order valence-corrected chi connectivity index (χ1v) is 10.8. The summed E-state index contributed by atoms with van der Waals surface area (Å²) in [6.45, 7) is 3.92. The Morgan fingerprint density at radius 3 is 2.48 bits per heavy atom. The van der Waals surface area contributed by atoms with Crippen LogP contribution in [0.15, 0.2) is 59.8 Å². The summed E-state index contributed by atoms with van der Waals surface area (Å²) >= 11 is 1.26. The maximum absolute atomic E-state index is 12.4. The van der Waals surface area contributed by atoms with E-state index in [0.29, 0.717) is 17.5 Å². The first-order valence-electron chi connectivity index (χ1n) is 9.78. The number of hydrogen-bond acceptors (Lipinski definition) is 6. The number of aryl methyl sites for hydroxylation is 1. The number of carbonyl (C=O) groups excluding carboxylic acids is 2. The van der Waals surface area contributed by atoms with E-state index in [4.69, 9.17) is 4.74 Å². The molecule has 0 radical (unpaired) electrons. The van der Waals surface area contributed by atoms with Gasteiger partial charge in [-0.25, -0.2) is 0 Å². The topological polar surface area (TPSA) is 98.1 Å². The normalized spacial score (nSPS) is 11.6. The van der Waals surface area contributed by atoms with Crippen molar-refractivity contribution in [1.82, 2.24) is 25.4 Å². The molecule has 3 aromatic rings. The first kappa shape index (κ1) is 22.4. The molecule has 3 rings (SSSR count). The summed E-state index contributed by atoms with van der Waals surface area (Å²) in [5.41, 5.74) is 1.87. The van der Waals surface area contributed by atoms with Crippen LogP contribution >= 0.6 is 11.8 Å². The van der Waals surface area contributed by atoms with Crippen LogP contribution < -0.4 is 15.4 Å². The van der Waals surface area contributed by atoms with Crippen molar-refractivity contribution in [1.29, 1.82) is 0 Å². The lowest BCUT2D eigenvalue weighted by Crippen LogP contribution is -2.45. The summed E-state index contributed by atoms with van der Waals surface area (Å²) in [4.78, 5) is 24.6. The summed E-state index contributed by atoms with van der Waals surface area (Å²) in [6, 6.07) is 16.5. The van der Waals surface area contributed by atoms with E-state index >= 15 is 0 Å². The zero-order chi connectivity index (χ0) is 22.2. The summed E-state index contributed by atoms with van der Waals surface area (Å²) in [5, 5.41) is 14.4. The highest BCUT2D eigenvalue weighted by molar-refractivity contribution is 7.99. The molecule has 1 heterocycles. The van der Waals surface area contributed by atoms with Gasteiger partial charge in [-0.15, -0.1) is 10.2 Å². The van der Waals surface area contributed by atoms with Crippen molar-refractivity contribution < 1.29 is 14.3 Å². The standard InChI is InChI=1S/C22H25N5O3S/c1-15(21(29)23-13-17-7-5-4-6-8-17)24-20(28)14-31-22-26-25-16(2)27(22)18-9-11-19(30-3)12-10-18/h4-12,15H,13-14H2,1-3H3,(H,23,29)(H,24,28). The average molecular weight is 440 g/mol. The molecule has 162 valence electrons. The number of nitrogens with zero attached hydrogens (tertiary/aromatic N) is 3. The molecule has 2 aromatic carbocycles. The molecule has 0 saturated carbocycles. The van der Waals surface area contributed by atoms with Gasteiger partial charge < -0.3 is 15.4 Å². The van der Waals surface area contributed by atoms with Gasteiger partial charge in [0.05, 0.1) is 12.9 Å². The van der Waals surface area contributed by atoms with Crippen molar-refractivity contribution in [2.75, 3.05) is 12.9 Å². The number of thioether (sulfide) groups is 1. The van der Waals surface area contributed by atoms with Gasteiger partial charge in [0.25, 0.3) is 0 Å². The summed E-state index contributed by atoms with van der Waals surface area (Å²) < 4.78 is 7.06. The number of hydrogen-bond donors (Lipinski definition) is 2. The van der Waals surface area contributed by atoms with Gasteiger partial charge in [0.1, 0.15) is 17.6 Å². The number of amides is 2. The van der Waals surface area contributed by atoms with Crippen LogP contribution in [0.5, 0.6) is 5.75 Å². The average Bonchev–Trinajstić information content (AvgIpc) is 3.17. The molecule has 1 unspecified atom stereocenters. The lowest BCUT2D eigenvalue weighted by Gasteiger charge is -2.14. The second kappa shape index (κ2) is 10.6. The Hall–Kier alpha value is -3.33. The van der Waals surface area contributed by atoms with E-state index in [1.54, 1.807) is 14.0 Å². The Labute approximate surface area is 185 Å². The molecular weight excluding hydrogens is 414 g/mol. The highest BCUT2D eigenvalue weighted by Crippen LogP contribution is 2.23. The van der Waals surface area contributed by atoms with Crippen LogP contribution in [0.2, 0.25) is 0 Å². The Morgan fingerprint density at radius 1 is 1.10 bits per heavy atom. The molecule has 0 aliphatic heterocycles. The molecule has 0 aliphatic rings. The van der Waals surface area contributed by atoms with E-state index in [0.717, 1.165) is 17.0 Å². The van der Waals surface area contributed by atoms with E-state index in [9.17, 15) is 9.59 Å². The first-order chi connectivity index (χ1) is 15.0. The molecule has 1 atom stereocenters. The monoisotopic (exact) mass is 439 g/mol. The second-order valence-corrected chi connectivity index (χ2v) is 7.79. The van der Waals surface area contributed by atoms with Crippen LogP contribution in [0.4, 0.5) is 0 Å². The number of nitrogens with one attached hydrogen (secondary N) is 2. The van der Waals surface area contributed by atoms with E-state index in [1.165, 1.54) is 11.8 Å². The predicted octanol–water partition coefficient (Wildman–Crippen LogP) is 2.50. The molecule has 2 amide bonds. The number of rotatable bonds is 9. The smallest absolute Gasteiger partial charge is 0.242 e. The number of aromatic nitrogens is 3. The van der Waals surface area contributed by atoms with Gasteiger partial charge in [-0.05, 0) is 43.7 Å². The molecule has 0 aliphatic carbocycles. The molecule has 31 heavy (non-hydrogen) atoms. The third-order valence-corrected chi connectivity index (χ3v) is 5.47. The maximum atomic E-state index is 12.4. The van der Waals surface area contributed by atoms with Crippen LogP contribution in [-0.4, -0.2) is 45.5 Å². The van der Waals surface area contributed by atoms with Crippen LogP contribution in [0.1, 0.15) is 18.3 Å². The molecule has 8 nitrogen and oxygen atoms in total. The molecule has 0 saturated heterocycles. The van der Waals surface area contributed by atoms with Crippen molar-refractivity contribution in [3.05, 3.63) is 66.0 Å². The van der Waals surface area contributed by atoms with Crippen molar-refractivity contribution >= 4 is 23.6 Å². The van der Waals surface area contributed by atoms with Crippen LogP contribution in [-0.2, 0) is 16.1 Å². The van der Waals surface area contributed by atoms with Crippen molar-refractivity contribution in [3.63, 3.8) is 0 Å². The molecular formula is C22H25N5O3S. The molecule has 0 fully saturated rings. The third-order valence-electron chi connectivity index (χ3n) is 4.54. The second-order valence-electron chi connectivity index (χ2n) is 6.84. The van der Waals surface area contributed by atoms with Gasteiger partial charge in [-0.1, -0.05) is 42.1 Å². The van der Waals surface area contributed by atoms with Gasteiger partial charge in [0.15, 0.2) is 5.16 Å². The van der Waals surface area contributed by atoms with E-state index in [1.807, 2.05) is 66.1 Å². The molecule has 1 aromatic heterocycles. The highest BCUT2D eigenvalue weighted by atomic mass is 32.2. The van der Waals surface area contributed by atoms with Crippen molar-refractivity contribution in [3.8, 4) is 11.4 Å². The number of benzene rings is 2. The quantitative estimate of drug-likeness (QED) is 0.497. The van der Waals surface area contributed by atoms with Gasteiger partial charge >= 0.3 is 0 Å². The SMILES string of the molecule is COc1ccc(-n2c(C)nnc2SCC(=O)NC(C)C(=O)NCc2ccccc2)cc1. The van der Waals surface area contributed by atoms with Gasteiger partial charge in [0.2, 0.25) is 11.8 Å². The number of ether oxygens (including phenoxy) is 1. The Balaban J connectivity index is 1.53. The predicted molar refractivity (Wildman–Crippen MR) is 119 cm³/mol. The summed E-state index contributed by atoms with van der Waals surface area (Å²) in [6.07, 6.45) is 0. The fourth-order valence-corrected chi connectivity index (χ4v) is 3.69. The van der Waals surface area contributed by atoms with Crippen molar-refractivity contribution in [2.24, 2.45) is 0 Å². The molecule has 9 heteroatoms.